The van der Waals surface area contributed by atoms with Crippen LogP contribution in [0.5, 0.6) is 0 Å². The minimum atomic E-state index is -4.86. The Bertz CT molecular complexity index is 918. The van der Waals surface area contributed by atoms with Gasteiger partial charge in [-0.05, 0) is 24.6 Å². The van der Waals surface area contributed by atoms with Crippen LogP contribution in [0, 0.1) is 10.1 Å². The fourth-order valence-electron chi connectivity index (χ4n) is 2.41. The number of carboxylic acids is 1. The lowest BCUT2D eigenvalue weighted by Crippen LogP contribution is -2.44. The van der Waals surface area contributed by atoms with Gasteiger partial charge in [-0.25, -0.2) is 9.59 Å². The summed E-state index contributed by atoms with van der Waals surface area (Å²) >= 11 is 0. The molecule has 0 aliphatic heterocycles. The van der Waals surface area contributed by atoms with E-state index in [1.54, 1.807) is 30.3 Å². The van der Waals surface area contributed by atoms with E-state index in [1.807, 2.05) is 0 Å². The van der Waals surface area contributed by atoms with Crippen molar-refractivity contribution in [3.8, 4) is 0 Å². The quantitative estimate of drug-likeness (QED) is 0.562. The fraction of sp³-hybridized carbons (Fsp3) is 0.222. The normalized spacial score (nSPS) is 12.1. The van der Waals surface area contributed by atoms with Crippen LogP contribution in [-0.2, 0) is 22.3 Å². The van der Waals surface area contributed by atoms with Gasteiger partial charge in [-0.1, -0.05) is 30.3 Å². The molecule has 0 spiro atoms. The molecule has 0 heterocycles. The number of aliphatic carboxylic acids is 1. The number of hydrogen-bond donors (Lipinski definition) is 1. The third kappa shape index (κ3) is 5.21. The molecule has 8 nitrogen and oxygen atoms in total. The SMILES string of the molecule is CC(C(=O)O)N(C(=O)OCc1ccccc1)c1ccc(C(F)(F)F)cc1[N+](=O)[O-]. The summed E-state index contributed by atoms with van der Waals surface area (Å²) in [6.07, 6.45) is -6.12. The maximum absolute atomic E-state index is 12.9. The highest BCUT2D eigenvalue weighted by Gasteiger charge is 2.37. The van der Waals surface area contributed by atoms with E-state index < -0.39 is 46.1 Å². The molecule has 2 rings (SSSR count). The summed E-state index contributed by atoms with van der Waals surface area (Å²) < 4.78 is 43.7. The highest BCUT2D eigenvalue weighted by Crippen LogP contribution is 2.37. The summed E-state index contributed by atoms with van der Waals surface area (Å²) in [4.78, 5) is 34.5. The number of carbonyl (C=O) groups excluding carboxylic acids is 1. The number of nitrogens with zero attached hydrogens (tertiary/aromatic N) is 2. The number of amides is 1. The predicted molar refractivity (Wildman–Crippen MR) is 94.3 cm³/mol. The second-order valence-electron chi connectivity index (χ2n) is 5.88. The number of nitro benzene ring substituents is 1. The lowest BCUT2D eigenvalue weighted by Gasteiger charge is -2.26. The minimum Gasteiger partial charge on any atom is -0.480 e. The second kappa shape index (κ2) is 8.59. The van der Waals surface area contributed by atoms with Crippen LogP contribution in [0.15, 0.2) is 48.5 Å². The maximum Gasteiger partial charge on any atom is 0.416 e. The van der Waals surface area contributed by atoms with Crippen LogP contribution in [-0.4, -0.2) is 28.1 Å². The van der Waals surface area contributed by atoms with Crippen molar-refractivity contribution in [3.63, 3.8) is 0 Å². The molecule has 0 radical (unpaired) electrons. The van der Waals surface area contributed by atoms with Gasteiger partial charge >= 0.3 is 18.2 Å². The Hall–Kier alpha value is -3.63. The zero-order valence-electron chi connectivity index (χ0n) is 14.9. The van der Waals surface area contributed by atoms with Crippen molar-refractivity contribution in [2.45, 2.75) is 25.7 Å². The topological polar surface area (TPSA) is 110 Å². The van der Waals surface area contributed by atoms with Crippen LogP contribution in [0.1, 0.15) is 18.1 Å². The van der Waals surface area contributed by atoms with Crippen LogP contribution in [0.25, 0.3) is 0 Å². The maximum atomic E-state index is 12.9. The summed E-state index contributed by atoms with van der Waals surface area (Å²) in [5.41, 5.74) is -2.46. The monoisotopic (exact) mass is 412 g/mol. The lowest BCUT2D eigenvalue weighted by molar-refractivity contribution is -0.384. The minimum absolute atomic E-state index is 0.237. The fourth-order valence-corrected chi connectivity index (χ4v) is 2.41. The van der Waals surface area contributed by atoms with Gasteiger partial charge in [-0.15, -0.1) is 0 Å². The summed E-state index contributed by atoms with van der Waals surface area (Å²) in [5.74, 6) is -1.53. The number of nitro groups is 1. The Morgan fingerprint density at radius 3 is 2.34 bits per heavy atom. The van der Waals surface area contributed by atoms with Crippen LogP contribution < -0.4 is 4.90 Å². The van der Waals surface area contributed by atoms with Gasteiger partial charge in [0.05, 0.1) is 10.5 Å². The van der Waals surface area contributed by atoms with Gasteiger partial charge in [-0.3, -0.25) is 15.0 Å². The van der Waals surface area contributed by atoms with Crippen molar-refractivity contribution in [2.75, 3.05) is 4.90 Å². The molecule has 0 aromatic heterocycles. The highest BCUT2D eigenvalue weighted by molar-refractivity contribution is 5.97. The van der Waals surface area contributed by atoms with E-state index in [-0.39, 0.29) is 12.7 Å². The van der Waals surface area contributed by atoms with Crippen LogP contribution >= 0.6 is 0 Å². The standard InChI is InChI=1S/C18H15F3N2O6/c1-11(16(24)25)22(17(26)29-10-12-5-3-2-4-6-12)14-8-7-13(18(19,20)21)9-15(14)23(27)28/h2-9,11H,10H2,1H3,(H,24,25). The van der Waals surface area contributed by atoms with E-state index in [9.17, 15) is 38.0 Å². The molecule has 0 bridgehead atoms. The van der Waals surface area contributed by atoms with Crippen LogP contribution in [0.2, 0.25) is 0 Å². The molecule has 29 heavy (non-hydrogen) atoms. The molecule has 2 aromatic carbocycles. The number of alkyl halides is 3. The molecule has 1 unspecified atom stereocenters. The number of halogens is 3. The van der Waals surface area contributed by atoms with Gasteiger partial charge in [-0.2, -0.15) is 13.2 Å². The molecule has 0 saturated heterocycles. The zero-order valence-corrected chi connectivity index (χ0v) is 14.9. The largest absolute Gasteiger partial charge is 0.480 e. The number of hydrogen-bond acceptors (Lipinski definition) is 5. The highest BCUT2D eigenvalue weighted by atomic mass is 19.4. The van der Waals surface area contributed by atoms with Gasteiger partial charge in [0.1, 0.15) is 18.3 Å². The Morgan fingerprint density at radius 1 is 1.21 bits per heavy atom. The number of anilines is 1. The molecular weight excluding hydrogens is 397 g/mol. The molecule has 0 aliphatic carbocycles. The van der Waals surface area contributed by atoms with Crippen molar-refractivity contribution in [1.29, 1.82) is 0 Å². The average Bonchev–Trinajstić information content (AvgIpc) is 2.66. The van der Waals surface area contributed by atoms with Gasteiger partial charge in [0.2, 0.25) is 0 Å². The number of benzene rings is 2. The van der Waals surface area contributed by atoms with Crippen LogP contribution in [0.3, 0.4) is 0 Å². The Kier molecular flexibility index (Phi) is 6.42. The summed E-state index contributed by atoms with van der Waals surface area (Å²) in [6, 6.07) is 8.09. The number of ether oxygens (including phenoxy) is 1. The molecule has 1 atom stereocenters. The van der Waals surface area contributed by atoms with Crippen molar-refractivity contribution in [2.24, 2.45) is 0 Å². The van der Waals surface area contributed by atoms with Gasteiger partial charge in [0.15, 0.2) is 0 Å². The molecule has 154 valence electrons. The van der Waals surface area contributed by atoms with E-state index in [0.717, 1.165) is 6.92 Å². The average molecular weight is 412 g/mol. The number of rotatable bonds is 6. The zero-order chi connectivity index (χ0) is 21.8. The van der Waals surface area contributed by atoms with E-state index in [0.29, 0.717) is 22.6 Å². The van der Waals surface area contributed by atoms with E-state index in [4.69, 9.17) is 4.74 Å². The van der Waals surface area contributed by atoms with E-state index in [2.05, 4.69) is 0 Å². The molecule has 0 fully saturated rings. The predicted octanol–water partition coefficient (Wildman–Crippen LogP) is 4.23. The second-order valence-corrected chi connectivity index (χ2v) is 5.88. The van der Waals surface area contributed by atoms with Crippen molar-refractivity contribution in [3.05, 3.63) is 69.8 Å². The molecule has 1 amide bonds. The third-order valence-corrected chi connectivity index (χ3v) is 3.91. The first kappa shape index (κ1) is 21.7. The van der Waals surface area contributed by atoms with Crippen molar-refractivity contribution >= 4 is 23.4 Å². The van der Waals surface area contributed by atoms with Gasteiger partial charge in [0.25, 0.3) is 5.69 Å². The molecule has 11 heteroatoms. The van der Waals surface area contributed by atoms with E-state index >= 15 is 0 Å². The van der Waals surface area contributed by atoms with Crippen molar-refractivity contribution in [1.82, 2.24) is 0 Å². The Balaban J connectivity index is 2.45. The molecular formula is C18H15F3N2O6. The molecule has 0 aliphatic rings. The Morgan fingerprint density at radius 2 is 1.83 bits per heavy atom. The van der Waals surface area contributed by atoms with Gasteiger partial charge in [0, 0.05) is 6.07 Å². The molecule has 0 saturated carbocycles. The first-order chi connectivity index (χ1) is 13.5. The van der Waals surface area contributed by atoms with Crippen molar-refractivity contribution < 1.29 is 37.5 Å². The molecule has 1 N–H and O–H groups in total. The summed E-state index contributed by atoms with van der Waals surface area (Å²) in [5, 5.41) is 20.6. The third-order valence-electron chi connectivity index (χ3n) is 3.91. The lowest BCUT2D eigenvalue weighted by atomic mass is 10.1. The van der Waals surface area contributed by atoms with E-state index in [1.165, 1.54) is 0 Å². The number of carboxylic acid groups (broad SMARTS) is 1. The first-order valence-corrected chi connectivity index (χ1v) is 8.10. The Labute approximate surface area is 162 Å². The molecule has 2 aromatic rings. The number of carbonyl (C=O) groups is 2. The summed E-state index contributed by atoms with van der Waals surface area (Å²) in [6.45, 7) is 0.782. The summed E-state index contributed by atoms with van der Waals surface area (Å²) in [7, 11) is 0. The van der Waals surface area contributed by atoms with Crippen LogP contribution in [0.4, 0.5) is 29.3 Å². The first-order valence-electron chi connectivity index (χ1n) is 8.10. The smallest absolute Gasteiger partial charge is 0.416 e. The van der Waals surface area contributed by atoms with Gasteiger partial charge < -0.3 is 9.84 Å².